The number of pyridine rings is 1. The second-order valence-corrected chi connectivity index (χ2v) is 7.04. The molecule has 8 heteroatoms. The van der Waals surface area contributed by atoms with Crippen molar-refractivity contribution < 1.29 is 8.42 Å². The summed E-state index contributed by atoms with van der Waals surface area (Å²) in [5, 5.41) is 0.329. The van der Waals surface area contributed by atoms with E-state index in [0.717, 1.165) is 0 Å². The van der Waals surface area contributed by atoms with Gasteiger partial charge in [-0.2, -0.15) is 0 Å². The van der Waals surface area contributed by atoms with Crippen LogP contribution in [0.25, 0.3) is 0 Å². The Morgan fingerprint density at radius 1 is 1.35 bits per heavy atom. The summed E-state index contributed by atoms with van der Waals surface area (Å²) in [6, 6.07) is 6.22. The van der Waals surface area contributed by atoms with Gasteiger partial charge in [-0.3, -0.25) is 4.72 Å². The number of benzene rings is 1. The molecule has 2 rings (SSSR count). The van der Waals surface area contributed by atoms with Crippen molar-refractivity contribution in [3.05, 3.63) is 45.7 Å². The fourth-order valence-electron chi connectivity index (χ4n) is 1.56. The molecule has 0 bridgehead atoms. The van der Waals surface area contributed by atoms with E-state index in [2.05, 4.69) is 25.6 Å². The number of aromatic nitrogens is 1. The molecule has 0 aliphatic heterocycles. The summed E-state index contributed by atoms with van der Waals surface area (Å²) in [7, 11) is -3.78. The van der Waals surface area contributed by atoms with Crippen LogP contribution in [-0.2, 0) is 10.0 Å². The quantitative estimate of drug-likeness (QED) is 0.636. The van der Waals surface area contributed by atoms with Crippen LogP contribution in [0.15, 0.2) is 39.8 Å². The zero-order valence-corrected chi connectivity index (χ0v) is 13.6. The van der Waals surface area contributed by atoms with E-state index in [0.29, 0.717) is 20.9 Å². The molecule has 0 atom stereocenters. The fourth-order valence-corrected chi connectivity index (χ4v) is 3.37. The number of nitrogens with zero attached hydrogens (tertiary/aromatic N) is 1. The van der Waals surface area contributed by atoms with Gasteiger partial charge in [0.05, 0.1) is 17.6 Å². The number of anilines is 2. The van der Waals surface area contributed by atoms with Gasteiger partial charge in [0.1, 0.15) is 10.0 Å². The molecular formula is C12H11BrClN3O2S. The monoisotopic (exact) mass is 375 g/mol. The molecule has 3 N–H and O–H groups in total. The molecule has 0 saturated carbocycles. The molecule has 1 aromatic carbocycles. The Hall–Kier alpha value is -1.31. The second kappa shape index (κ2) is 5.59. The van der Waals surface area contributed by atoms with Gasteiger partial charge >= 0.3 is 0 Å². The normalized spacial score (nSPS) is 11.3. The minimum atomic E-state index is -3.78. The van der Waals surface area contributed by atoms with Crippen molar-refractivity contribution in [2.45, 2.75) is 11.8 Å². The Morgan fingerprint density at radius 2 is 2.05 bits per heavy atom. The maximum Gasteiger partial charge on any atom is 0.264 e. The molecule has 20 heavy (non-hydrogen) atoms. The predicted octanol–water partition coefficient (Wildman–Crippen LogP) is 3.19. The standard InChI is InChI=1S/C12H11BrClN3O2S/c1-7-4-9(6-16-12(7)14)17-20(18,19)11-5-8(13)2-3-10(11)15/h2-6,17H,15H2,1H3. The lowest BCUT2D eigenvalue weighted by Gasteiger charge is -2.11. The molecule has 0 aliphatic rings. The van der Waals surface area contributed by atoms with Crippen molar-refractivity contribution in [2.75, 3.05) is 10.5 Å². The van der Waals surface area contributed by atoms with Crippen LogP contribution in [0, 0.1) is 6.92 Å². The predicted molar refractivity (Wildman–Crippen MR) is 83.3 cm³/mol. The van der Waals surface area contributed by atoms with Crippen molar-refractivity contribution in [2.24, 2.45) is 0 Å². The second-order valence-electron chi connectivity index (χ2n) is 4.12. The summed E-state index contributed by atoms with van der Waals surface area (Å²) < 4.78 is 27.6. The first-order chi connectivity index (χ1) is 9.29. The largest absolute Gasteiger partial charge is 0.398 e. The summed E-state index contributed by atoms with van der Waals surface area (Å²) >= 11 is 9.02. The summed E-state index contributed by atoms with van der Waals surface area (Å²) in [6.45, 7) is 1.74. The Morgan fingerprint density at radius 3 is 2.70 bits per heavy atom. The fraction of sp³-hybridized carbons (Fsp3) is 0.0833. The van der Waals surface area contributed by atoms with Crippen molar-refractivity contribution >= 4 is 48.9 Å². The maximum atomic E-state index is 12.3. The lowest BCUT2D eigenvalue weighted by Crippen LogP contribution is -2.15. The van der Waals surface area contributed by atoms with E-state index < -0.39 is 10.0 Å². The number of hydrogen-bond donors (Lipinski definition) is 2. The van der Waals surface area contributed by atoms with Crippen LogP contribution in [0.2, 0.25) is 5.15 Å². The van der Waals surface area contributed by atoms with E-state index in [1.807, 2.05) is 0 Å². The number of rotatable bonds is 3. The molecular weight excluding hydrogens is 366 g/mol. The van der Waals surface area contributed by atoms with Gasteiger partial charge in [0, 0.05) is 4.47 Å². The van der Waals surface area contributed by atoms with Gasteiger partial charge in [-0.05, 0) is 36.8 Å². The molecule has 106 valence electrons. The topological polar surface area (TPSA) is 85.1 Å². The van der Waals surface area contributed by atoms with Gasteiger partial charge in [-0.1, -0.05) is 27.5 Å². The Labute approximate surface area is 130 Å². The molecule has 0 amide bonds. The molecule has 1 heterocycles. The van der Waals surface area contributed by atoms with E-state index in [4.69, 9.17) is 17.3 Å². The van der Waals surface area contributed by atoms with Crippen LogP contribution >= 0.6 is 27.5 Å². The zero-order valence-electron chi connectivity index (χ0n) is 10.4. The number of aryl methyl sites for hydroxylation is 1. The van der Waals surface area contributed by atoms with Gasteiger partial charge in [0.2, 0.25) is 0 Å². The van der Waals surface area contributed by atoms with Crippen LogP contribution in [0.4, 0.5) is 11.4 Å². The lowest BCUT2D eigenvalue weighted by molar-refractivity contribution is 0.601. The van der Waals surface area contributed by atoms with Gasteiger partial charge in [-0.15, -0.1) is 0 Å². The molecule has 0 aliphatic carbocycles. The molecule has 5 nitrogen and oxygen atoms in total. The van der Waals surface area contributed by atoms with Crippen molar-refractivity contribution in [3.63, 3.8) is 0 Å². The first kappa shape index (κ1) is 15.1. The van der Waals surface area contributed by atoms with E-state index in [1.165, 1.54) is 18.3 Å². The van der Waals surface area contributed by atoms with Gasteiger partial charge < -0.3 is 5.73 Å². The number of sulfonamides is 1. The molecule has 0 unspecified atom stereocenters. The summed E-state index contributed by atoms with van der Waals surface area (Å²) in [4.78, 5) is 3.89. The summed E-state index contributed by atoms with van der Waals surface area (Å²) in [5.41, 5.74) is 6.87. The van der Waals surface area contributed by atoms with Crippen LogP contribution in [-0.4, -0.2) is 13.4 Å². The molecule has 0 fully saturated rings. The van der Waals surface area contributed by atoms with Gasteiger partial charge in [-0.25, -0.2) is 13.4 Å². The summed E-state index contributed by atoms with van der Waals surface area (Å²) in [5.74, 6) is 0. The van der Waals surface area contributed by atoms with E-state index in [-0.39, 0.29) is 10.6 Å². The number of nitrogens with two attached hydrogens (primary N) is 1. The molecule has 1 aromatic heterocycles. The number of halogens is 2. The van der Waals surface area contributed by atoms with Gasteiger partial charge in [0.15, 0.2) is 0 Å². The lowest BCUT2D eigenvalue weighted by atomic mass is 10.3. The molecule has 0 radical (unpaired) electrons. The van der Waals surface area contributed by atoms with Crippen LogP contribution in [0.5, 0.6) is 0 Å². The van der Waals surface area contributed by atoms with Crippen LogP contribution in [0.3, 0.4) is 0 Å². The average Bonchev–Trinajstić information content (AvgIpc) is 2.36. The minimum Gasteiger partial charge on any atom is -0.398 e. The highest BCUT2D eigenvalue weighted by Gasteiger charge is 2.18. The highest BCUT2D eigenvalue weighted by atomic mass is 79.9. The molecule has 0 saturated heterocycles. The van der Waals surface area contributed by atoms with Crippen molar-refractivity contribution in [1.82, 2.24) is 4.98 Å². The number of nitrogens with one attached hydrogen (secondary N) is 1. The number of hydrogen-bond acceptors (Lipinski definition) is 4. The van der Waals surface area contributed by atoms with E-state index >= 15 is 0 Å². The van der Waals surface area contributed by atoms with E-state index in [9.17, 15) is 8.42 Å². The average molecular weight is 377 g/mol. The summed E-state index contributed by atoms with van der Waals surface area (Å²) in [6.07, 6.45) is 1.35. The third-order valence-electron chi connectivity index (χ3n) is 2.53. The van der Waals surface area contributed by atoms with Gasteiger partial charge in [0.25, 0.3) is 10.0 Å². The Kier molecular flexibility index (Phi) is 4.22. The third-order valence-corrected chi connectivity index (χ3v) is 4.86. The Bertz CT molecular complexity index is 765. The highest BCUT2D eigenvalue weighted by molar-refractivity contribution is 9.10. The maximum absolute atomic E-state index is 12.3. The van der Waals surface area contributed by atoms with E-state index in [1.54, 1.807) is 19.1 Å². The number of nitrogen functional groups attached to an aromatic ring is 1. The highest BCUT2D eigenvalue weighted by Crippen LogP contribution is 2.25. The first-order valence-electron chi connectivity index (χ1n) is 5.49. The first-order valence-corrected chi connectivity index (χ1v) is 8.15. The smallest absolute Gasteiger partial charge is 0.264 e. The zero-order chi connectivity index (χ0) is 14.9. The van der Waals surface area contributed by atoms with Crippen molar-refractivity contribution in [1.29, 1.82) is 0 Å². The Balaban J connectivity index is 2.40. The minimum absolute atomic E-state index is 0.000483. The SMILES string of the molecule is Cc1cc(NS(=O)(=O)c2cc(Br)ccc2N)cnc1Cl. The molecule has 2 aromatic rings. The third kappa shape index (κ3) is 3.23. The molecule has 0 spiro atoms. The van der Waals surface area contributed by atoms with Crippen LogP contribution < -0.4 is 10.5 Å². The van der Waals surface area contributed by atoms with Crippen molar-refractivity contribution in [3.8, 4) is 0 Å². The van der Waals surface area contributed by atoms with Crippen LogP contribution in [0.1, 0.15) is 5.56 Å².